The van der Waals surface area contributed by atoms with E-state index in [1.165, 1.54) is 35.1 Å². The van der Waals surface area contributed by atoms with E-state index in [-0.39, 0.29) is 34.4 Å². The van der Waals surface area contributed by atoms with E-state index in [9.17, 15) is 23.3 Å². The lowest BCUT2D eigenvalue weighted by Crippen LogP contribution is -2.47. The number of amides is 1. The molecule has 0 bridgehead atoms. The third kappa shape index (κ3) is 6.33. The van der Waals surface area contributed by atoms with Gasteiger partial charge in [0.2, 0.25) is 15.9 Å². The van der Waals surface area contributed by atoms with Gasteiger partial charge in [-0.05, 0) is 80.2 Å². The molecule has 3 aromatic rings. The summed E-state index contributed by atoms with van der Waals surface area (Å²) < 4.78 is 28.1. The van der Waals surface area contributed by atoms with Gasteiger partial charge in [-0.2, -0.15) is 0 Å². The van der Waals surface area contributed by atoms with Gasteiger partial charge >= 0.3 is 0 Å². The predicted octanol–water partition coefficient (Wildman–Crippen LogP) is 6.07. The molecule has 1 fully saturated rings. The first-order valence-corrected chi connectivity index (χ1v) is 16.0. The van der Waals surface area contributed by atoms with Gasteiger partial charge < -0.3 is 10.2 Å². The third-order valence-corrected chi connectivity index (χ3v) is 11.1. The molecule has 42 heavy (non-hydrogen) atoms. The van der Waals surface area contributed by atoms with Crippen molar-refractivity contribution in [3.63, 3.8) is 0 Å². The summed E-state index contributed by atoms with van der Waals surface area (Å²) in [6.45, 7) is 2.50. The maximum absolute atomic E-state index is 13.4. The molecule has 0 aromatic heterocycles. The Hall–Kier alpha value is -3.02. The van der Waals surface area contributed by atoms with Crippen LogP contribution >= 0.6 is 23.2 Å². The number of likely N-dealkylation sites (N-methyl/N-ethyl adjacent to an activating group) is 1. The van der Waals surface area contributed by atoms with Crippen LogP contribution in [0.5, 0.6) is 0 Å². The number of piperidine rings is 1. The normalized spacial score (nSPS) is 17.6. The first-order valence-electron chi connectivity index (χ1n) is 13.8. The number of nitrogens with one attached hydrogen (secondary N) is 1. The van der Waals surface area contributed by atoms with Crippen molar-refractivity contribution in [3.05, 3.63) is 98.0 Å². The van der Waals surface area contributed by atoms with E-state index in [0.29, 0.717) is 22.9 Å². The Morgan fingerprint density at radius 1 is 1.05 bits per heavy atom. The van der Waals surface area contributed by atoms with Crippen LogP contribution in [0.1, 0.15) is 42.7 Å². The molecule has 2 aliphatic heterocycles. The highest BCUT2D eigenvalue weighted by Crippen LogP contribution is 2.45. The van der Waals surface area contributed by atoms with Crippen molar-refractivity contribution >= 4 is 50.5 Å². The lowest BCUT2D eigenvalue weighted by molar-refractivity contribution is -0.385. The van der Waals surface area contributed by atoms with Gasteiger partial charge in [0.1, 0.15) is 0 Å². The van der Waals surface area contributed by atoms with E-state index in [1.54, 1.807) is 12.1 Å². The fourth-order valence-corrected chi connectivity index (χ4v) is 7.68. The molecule has 222 valence electrons. The van der Waals surface area contributed by atoms with E-state index >= 15 is 0 Å². The van der Waals surface area contributed by atoms with E-state index in [1.807, 2.05) is 24.3 Å². The van der Waals surface area contributed by atoms with E-state index in [4.69, 9.17) is 23.2 Å². The van der Waals surface area contributed by atoms with Gasteiger partial charge in [-0.3, -0.25) is 14.9 Å². The quantitative estimate of drug-likeness (QED) is 0.227. The van der Waals surface area contributed by atoms with Crippen LogP contribution in [0.25, 0.3) is 0 Å². The van der Waals surface area contributed by atoms with Gasteiger partial charge in [-0.15, -0.1) is 0 Å². The number of hydrogen-bond acceptors (Lipinski definition) is 6. The zero-order valence-electron chi connectivity index (χ0n) is 23.1. The summed E-state index contributed by atoms with van der Waals surface area (Å²) in [5, 5.41) is 15.0. The Morgan fingerprint density at radius 2 is 1.79 bits per heavy atom. The molecule has 2 heterocycles. The SMILES string of the molecule is CN(C[C@@H](CCN1CCC2(CC1)CC(=O)Nc1ccccc12)c1ccc(Cl)c(Cl)c1)S(=O)(=O)c1cccc([N+](=O)[O-])c1. The lowest BCUT2D eigenvalue weighted by atomic mass is 9.68. The molecule has 1 atom stereocenters. The maximum atomic E-state index is 13.4. The summed E-state index contributed by atoms with van der Waals surface area (Å²) in [5.41, 5.74) is 2.49. The molecule has 12 heteroatoms. The van der Waals surface area contributed by atoms with Crippen molar-refractivity contribution in [1.82, 2.24) is 9.21 Å². The number of carbonyl (C=O) groups excluding carboxylic acids is 1. The third-order valence-electron chi connectivity index (χ3n) is 8.51. The number of fused-ring (bicyclic) bond motifs is 2. The van der Waals surface area contributed by atoms with Crippen molar-refractivity contribution in [2.75, 3.05) is 38.5 Å². The minimum atomic E-state index is -3.99. The largest absolute Gasteiger partial charge is 0.326 e. The standard InChI is InChI=1S/C30H32Cl2N4O5S/c1-34(42(40,41)24-6-4-5-23(18-24)36(38)39)20-22(21-9-10-26(31)27(32)17-21)11-14-35-15-12-30(13-16-35)19-29(37)33-28-8-3-2-7-25(28)30/h2-10,17-18,22H,11-16,19-20H2,1H3,(H,33,37)/t22-/m1/s1. The summed E-state index contributed by atoms with van der Waals surface area (Å²) in [4.78, 5) is 25.4. The summed E-state index contributed by atoms with van der Waals surface area (Å²) >= 11 is 12.5. The van der Waals surface area contributed by atoms with Crippen molar-refractivity contribution in [2.24, 2.45) is 0 Å². The number of halogens is 2. The first kappa shape index (κ1) is 30.4. The lowest BCUT2D eigenvalue weighted by Gasteiger charge is -2.45. The number of nitro groups is 1. The average Bonchev–Trinajstić information content (AvgIpc) is 2.97. The Morgan fingerprint density at radius 3 is 2.50 bits per heavy atom. The molecule has 0 aliphatic carbocycles. The molecule has 1 amide bonds. The number of para-hydroxylation sites is 1. The molecule has 3 aromatic carbocycles. The fourth-order valence-electron chi connectivity index (χ4n) is 6.12. The minimum absolute atomic E-state index is 0.0508. The second-order valence-corrected chi connectivity index (χ2v) is 14.0. The Bertz CT molecular complexity index is 1610. The van der Waals surface area contributed by atoms with Crippen LogP contribution < -0.4 is 5.32 Å². The molecule has 2 aliphatic rings. The number of anilines is 1. The van der Waals surface area contributed by atoms with Crippen molar-refractivity contribution in [2.45, 2.75) is 41.9 Å². The van der Waals surface area contributed by atoms with Gasteiger partial charge in [0.25, 0.3) is 5.69 Å². The van der Waals surface area contributed by atoms with E-state index in [0.717, 1.165) is 49.8 Å². The second-order valence-electron chi connectivity index (χ2n) is 11.1. The van der Waals surface area contributed by atoms with Crippen LogP contribution in [-0.4, -0.2) is 61.7 Å². The molecular weight excluding hydrogens is 599 g/mol. The number of nitrogens with zero attached hydrogens (tertiary/aromatic N) is 3. The number of non-ortho nitro benzene ring substituents is 1. The molecule has 0 unspecified atom stereocenters. The fraction of sp³-hybridized carbons (Fsp3) is 0.367. The molecule has 5 rings (SSSR count). The summed E-state index contributed by atoms with van der Waals surface area (Å²) in [6.07, 6.45) is 2.84. The van der Waals surface area contributed by atoms with Gasteiger partial charge in [-0.25, -0.2) is 12.7 Å². The number of nitro benzene ring substituents is 1. The molecule has 0 saturated carbocycles. The summed E-state index contributed by atoms with van der Waals surface area (Å²) in [7, 11) is -2.51. The zero-order valence-corrected chi connectivity index (χ0v) is 25.5. The van der Waals surface area contributed by atoms with E-state index in [2.05, 4.69) is 16.3 Å². The topological polar surface area (TPSA) is 113 Å². The number of sulfonamides is 1. The molecule has 9 nitrogen and oxygen atoms in total. The number of rotatable bonds is 9. The van der Waals surface area contributed by atoms with Gasteiger partial charge in [0, 0.05) is 43.2 Å². The van der Waals surface area contributed by atoms with Crippen LogP contribution in [0.15, 0.2) is 71.6 Å². The van der Waals surface area contributed by atoms with Crippen LogP contribution in [0.3, 0.4) is 0 Å². The molecule has 1 N–H and O–H groups in total. The smallest absolute Gasteiger partial charge is 0.270 e. The predicted molar refractivity (Wildman–Crippen MR) is 164 cm³/mol. The zero-order chi connectivity index (χ0) is 30.1. The highest BCUT2D eigenvalue weighted by Gasteiger charge is 2.42. The summed E-state index contributed by atoms with van der Waals surface area (Å²) in [6, 6.07) is 18.4. The van der Waals surface area contributed by atoms with Crippen molar-refractivity contribution in [3.8, 4) is 0 Å². The average molecular weight is 632 g/mol. The van der Waals surface area contributed by atoms with Crippen molar-refractivity contribution < 1.29 is 18.1 Å². The minimum Gasteiger partial charge on any atom is -0.326 e. The number of hydrogen-bond donors (Lipinski definition) is 1. The molecule has 0 radical (unpaired) electrons. The molecule has 1 saturated heterocycles. The Balaban J connectivity index is 1.31. The monoisotopic (exact) mass is 630 g/mol. The Kier molecular flexibility index (Phi) is 8.91. The maximum Gasteiger partial charge on any atom is 0.270 e. The number of carbonyl (C=O) groups is 1. The summed E-state index contributed by atoms with van der Waals surface area (Å²) in [5.74, 6) is -0.162. The van der Waals surface area contributed by atoms with E-state index < -0.39 is 14.9 Å². The molecule has 1 spiro atoms. The highest BCUT2D eigenvalue weighted by molar-refractivity contribution is 7.89. The number of likely N-dealkylation sites (tertiary alicyclic amines) is 1. The van der Waals surface area contributed by atoms with Crippen LogP contribution in [-0.2, 0) is 20.2 Å². The van der Waals surface area contributed by atoms with Crippen molar-refractivity contribution in [1.29, 1.82) is 0 Å². The van der Waals surface area contributed by atoms with Gasteiger partial charge in [-0.1, -0.05) is 53.5 Å². The second kappa shape index (κ2) is 12.3. The van der Waals surface area contributed by atoms with Gasteiger partial charge in [0.05, 0.1) is 19.9 Å². The van der Waals surface area contributed by atoms with Gasteiger partial charge in [0.15, 0.2) is 0 Å². The highest BCUT2D eigenvalue weighted by atomic mass is 35.5. The van der Waals surface area contributed by atoms with Crippen LogP contribution in [0.4, 0.5) is 11.4 Å². The first-order chi connectivity index (χ1) is 20.0. The van der Waals surface area contributed by atoms with Crippen LogP contribution in [0, 0.1) is 10.1 Å². The Labute approximate surface area is 255 Å². The number of benzene rings is 3. The van der Waals surface area contributed by atoms with Crippen LogP contribution in [0.2, 0.25) is 10.0 Å². The molecular formula is C30H32Cl2N4O5S.